The molecule has 2 aromatic carbocycles. The molecule has 2 N–H and O–H groups in total. The van der Waals surface area contributed by atoms with Crippen molar-refractivity contribution >= 4 is 23.4 Å². The first-order valence-electron chi connectivity index (χ1n) is 17.6. The molecule has 0 fully saturated rings. The van der Waals surface area contributed by atoms with Crippen molar-refractivity contribution in [3.8, 4) is 22.5 Å². The van der Waals surface area contributed by atoms with E-state index in [0.29, 0.717) is 71.1 Å². The van der Waals surface area contributed by atoms with Gasteiger partial charge < -0.3 is 29.7 Å². The molecule has 12 nitrogen and oxygen atoms in total. The second kappa shape index (κ2) is 18.2. The van der Waals surface area contributed by atoms with Gasteiger partial charge in [-0.05, 0) is 51.7 Å². The fourth-order valence-electron chi connectivity index (χ4n) is 5.87. The number of nitrogens with one attached hydrogen (secondary N) is 2. The zero-order valence-electron chi connectivity index (χ0n) is 30.5. The van der Waals surface area contributed by atoms with Crippen molar-refractivity contribution in [2.45, 2.75) is 85.4 Å². The van der Waals surface area contributed by atoms with Gasteiger partial charge in [-0.3, -0.25) is 14.4 Å². The number of methoxy groups -OCH3 is 1. The minimum atomic E-state index is -0.525. The van der Waals surface area contributed by atoms with Crippen LogP contribution in [-0.4, -0.2) is 84.9 Å². The van der Waals surface area contributed by atoms with E-state index in [4.69, 9.17) is 14.2 Å². The van der Waals surface area contributed by atoms with E-state index in [1.807, 2.05) is 87.8 Å². The molecule has 2 heterocycles. The molecule has 1 aliphatic heterocycles. The Morgan fingerprint density at radius 2 is 1.62 bits per heavy atom. The third-order valence-electron chi connectivity index (χ3n) is 8.96. The van der Waals surface area contributed by atoms with Crippen LogP contribution in [0.4, 0.5) is 5.69 Å². The minimum absolute atomic E-state index is 0.00991. The molecule has 0 radical (unpaired) electrons. The molecule has 50 heavy (non-hydrogen) atoms. The van der Waals surface area contributed by atoms with Gasteiger partial charge in [0.25, 0.3) is 0 Å². The monoisotopic (exact) mass is 690 g/mol. The normalized spacial score (nSPS) is 12.7. The van der Waals surface area contributed by atoms with E-state index < -0.39 is 11.0 Å². The number of hydrogen-bond donors (Lipinski definition) is 2. The summed E-state index contributed by atoms with van der Waals surface area (Å²) in [4.78, 5) is 40.8. The highest BCUT2D eigenvalue weighted by Crippen LogP contribution is 2.41. The number of carbonyl (C=O) groups is 3. The molecular formula is C38H54N6O6. The number of aromatic nitrogens is 3. The summed E-state index contributed by atoms with van der Waals surface area (Å²) in [5.41, 5.74) is 4.10. The third-order valence-corrected chi connectivity index (χ3v) is 8.96. The Hall–Kier alpha value is -4.13. The van der Waals surface area contributed by atoms with E-state index in [2.05, 4.69) is 20.9 Å². The summed E-state index contributed by atoms with van der Waals surface area (Å²) in [6, 6.07) is 15.8. The van der Waals surface area contributed by atoms with Gasteiger partial charge in [0.2, 0.25) is 17.7 Å². The smallest absolute Gasteiger partial charge is 0.227 e. The summed E-state index contributed by atoms with van der Waals surface area (Å²) in [6.45, 7) is 13.8. The van der Waals surface area contributed by atoms with E-state index in [1.54, 1.807) is 12.0 Å². The maximum Gasteiger partial charge on any atom is 0.227 e. The van der Waals surface area contributed by atoms with Gasteiger partial charge in [-0.25, -0.2) is 4.68 Å². The molecule has 3 aromatic rings. The van der Waals surface area contributed by atoms with Gasteiger partial charge in [-0.15, -0.1) is 5.10 Å². The summed E-state index contributed by atoms with van der Waals surface area (Å²) in [5, 5.41) is 15.0. The lowest BCUT2D eigenvalue weighted by Gasteiger charge is -2.29. The maximum atomic E-state index is 13.9. The van der Waals surface area contributed by atoms with Gasteiger partial charge in [-0.2, -0.15) is 0 Å². The van der Waals surface area contributed by atoms with Crippen molar-refractivity contribution in [2.24, 2.45) is 5.41 Å². The molecule has 0 atom stereocenters. The van der Waals surface area contributed by atoms with Crippen molar-refractivity contribution in [2.75, 3.05) is 51.5 Å². The molecule has 1 aromatic heterocycles. The topological polar surface area (TPSA) is 137 Å². The highest BCUT2D eigenvalue weighted by atomic mass is 16.5. The fraction of sp³-hybridized carbons (Fsp3) is 0.553. The Balaban J connectivity index is 1.37. The molecule has 3 amide bonds. The van der Waals surface area contributed by atoms with E-state index in [1.165, 1.54) is 0 Å². The number of nitrogens with zero attached hydrogens (tertiary/aromatic N) is 4. The second-order valence-corrected chi connectivity index (χ2v) is 13.8. The average Bonchev–Trinajstić information content (AvgIpc) is 3.50. The summed E-state index contributed by atoms with van der Waals surface area (Å²) in [5.74, 6) is -0.329. The van der Waals surface area contributed by atoms with Gasteiger partial charge in [0.1, 0.15) is 5.69 Å². The molecule has 0 spiro atoms. The van der Waals surface area contributed by atoms with E-state index in [-0.39, 0.29) is 30.6 Å². The average molecular weight is 691 g/mol. The summed E-state index contributed by atoms with van der Waals surface area (Å²) in [7, 11) is 1.65. The number of ether oxygens (including phenoxy) is 3. The van der Waals surface area contributed by atoms with Crippen molar-refractivity contribution in [1.29, 1.82) is 0 Å². The molecule has 0 saturated heterocycles. The lowest BCUT2D eigenvalue weighted by molar-refractivity contribution is -0.131. The van der Waals surface area contributed by atoms with Gasteiger partial charge in [0.05, 0.1) is 36.7 Å². The SMILES string of the molecule is CCNC(=O)C(C)(C)CCOC(C)(C)CCNC(=O)CCC(=O)N1Cc2ccccc2-c2c(nnn2CCCOCCOC)-c2ccccc21. The number of anilines is 1. The van der Waals surface area contributed by atoms with Gasteiger partial charge in [0, 0.05) is 69.3 Å². The minimum Gasteiger partial charge on any atom is -0.382 e. The van der Waals surface area contributed by atoms with Gasteiger partial charge >= 0.3 is 0 Å². The van der Waals surface area contributed by atoms with E-state index in [0.717, 1.165) is 34.5 Å². The van der Waals surface area contributed by atoms with Gasteiger partial charge in [-0.1, -0.05) is 61.5 Å². The number of fused-ring (bicyclic) bond motifs is 5. The van der Waals surface area contributed by atoms with Crippen molar-refractivity contribution < 1.29 is 28.6 Å². The number of rotatable bonds is 19. The number of aryl methyl sites for hydroxylation is 1. The first-order valence-corrected chi connectivity index (χ1v) is 17.6. The predicted octanol–water partition coefficient (Wildman–Crippen LogP) is 5.15. The zero-order valence-corrected chi connectivity index (χ0v) is 30.5. The van der Waals surface area contributed by atoms with Crippen LogP contribution in [0.3, 0.4) is 0 Å². The Bertz CT molecular complexity index is 1590. The Morgan fingerprint density at radius 3 is 2.38 bits per heavy atom. The number of carbonyl (C=O) groups excluding carboxylic acids is 3. The predicted molar refractivity (Wildman–Crippen MR) is 193 cm³/mol. The molecular weight excluding hydrogens is 636 g/mol. The van der Waals surface area contributed by atoms with Crippen LogP contribution >= 0.6 is 0 Å². The Morgan fingerprint density at radius 1 is 0.880 bits per heavy atom. The van der Waals surface area contributed by atoms with Crippen LogP contribution in [0.2, 0.25) is 0 Å². The fourth-order valence-corrected chi connectivity index (χ4v) is 5.87. The van der Waals surface area contributed by atoms with Gasteiger partial charge in [0.15, 0.2) is 0 Å². The first kappa shape index (κ1) is 38.7. The molecule has 1 aliphatic rings. The summed E-state index contributed by atoms with van der Waals surface area (Å²) in [6.07, 6.45) is 2.06. The van der Waals surface area contributed by atoms with Crippen molar-refractivity contribution in [3.05, 3.63) is 54.1 Å². The first-order chi connectivity index (χ1) is 24.0. The Kier molecular flexibility index (Phi) is 14.1. The number of benzene rings is 2. The van der Waals surface area contributed by atoms with Crippen LogP contribution < -0.4 is 15.5 Å². The van der Waals surface area contributed by atoms with E-state index >= 15 is 0 Å². The zero-order chi connectivity index (χ0) is 36.1. The molecule has 0 aliphatic carbocycles. The summed E-state index contributed by atoms with van der Waals surface area (Å²) < 4.78 is 18.7. The highest BCUT2D eigenvalue weighted by Gasteiger charge is 2.30. The van der Waals surface area contributed by atoms with Crippen LogP contribution in [0.25, 0.3) is 22.5 Å². The molecule has 0 unspecified atom stereocenters. The lowest BCUT2D eigenvalue weighted by atomic mass is 9.88. The summed E-state index contributed by atoms with van der Waals surface area (Å²) >= 11 is 0. The van der Waals surface area contributed by atoms with Crippen molar-refractivity contribution in [3.63, 3.8) is 0 Å². The van der Waals surface area contributed by atoms with Crippen LogP contribution in [0.1, 0.15) is 72.3 Å². The number of para-hydroxylation sites is 1. The largest absolute Gasteiger partial charge is 0.382 e. The third kappa shape index (κ3) is 10.4. The molecule has 12 heteroatoms. The maximum absolute atomic E-state index is 13.9. The quantitative estimate of drug-likeness (QED) is 0.165. The molecule has 272 valence electrons. The van der Waals surface area contributed by atoms with Crippen LogP contribution in [0.15, 0.2) is 48.5 Å². The lowest BCUT2D eigenvalue weighted by Crippen LogP contribution is -2.39. The van der Waals surface area contributed by atoms with Crippen LogP contribution in [0.5, 0.6) is 0 Å². The number of hydrogen-bond acceptors (Lipinski definition) is 8. The standard InChI is InChI=1S/C38H54N6O6/c1-7-39-36(47)37(2,3)20-24-50-38(4,5)19-21-40-32(45)17-18-33(46)43-27-28-13-8-9-14-29(28)35-34(30-15-10-11-16-31(30)43)41-42-44(35)22-12-23-49-26-25-48-6/h8-11,13-16H,7,12,17-27H2,1-6H3,(H,39,47)(H,40,45). The molecule has 4 rings (SSSR count). The van der Waals surface area contributed by atoms with Crippen LogP contribution in [-0.2, 0) is 41.7 Å². The molecule has 0 saturated carbocycles. The number of amides is 3. The molecule has 0 bridgehead atoms. The van der Waals surface area contributed by atoms with Crippen molar-refractivity contribution in [1.82, 2.24) is 25.6 Å². The Labute approximate surface area is 296 Å². The van der Waals surface area contributed by atoms with E-state index in [9.17, 15) is 14.4 Å². The second-order valence-electron chi connectivity index (χ2n) is 13.8. The highest BCUT2D eigenvalue weighted by molar-refractivity contribution is 6.01. The van der Waals surface area contributed by atoms with Crippen LogP contribution in [0, 0.1) is 5.41 Å².